The van der Waals surface area contributed by atoms with Gasteiger partial charge in [-0.15, -0.1) is 0 Å². The number of benzene rings is 1. The number of aryl methyl sites for hydroxylation is 1. The highest BCUT2D eigenvalue weighted by atomic mass is 15.1. The Morgan fingerprint density at radius 2 is 2.12 bits per heavy atom. The Balaban J connectivity index is 1.97. The van der Waals surface area contributed by atoms with Crippen LogP contribution >= 0.6 is 0 Å². The van der Waals surface area contributed by atoms with E-state index >= 15 is 0 Å². The summed E-state index contributed by atoms with van der Waals surface area (Å²) in [6.07, 6.45) is 3.88. The summed E-state index contributed by atoms with van der Waals surface area (Å²) in [6, 6.07) is 8.74. The van der Waals surface area contributed by atoms with Crippen LogP contribution in [0.25, 0.3) is 0 Å². The minimum atomic E-state index is 0.884. The summed E-state index contributed by atoms with van der Waals surface area (Å²) in [5, 5.41) is 3.44. The molecule has 1 aromatic rings. The van der Waals surface area contributed by atoms with E-state index in [1.165, 1.54) is 43.6 Å². The highest BCUT2D eigenvalue weighted by molar-refractivity contribution is 5.52. The summed E-state index contributed by atoms with van der Waals surface area (Å²) in [5.74, 6) is 0.884. The molecule has 1 saturated heterocycles. The first-order valence-electron chi connectivity index (χ1n) is 6.23. The third kappa shape index (κ3) is 2.76. The van der Waals surface area contributed by atoms with Crippen LogP contribution in [0.1, 0.15) is 18.4 Å². The molecule has 1 aliphatic rings. The lowest BCUT2D eigenvalue weighted by Gasteiger charge is -2.18. The lowest BCUT2D eigenvalue weighted by molar-refractivity contribution is 0.533. The number of para-hydroxylation sites is 1. The molecule has 88 valence electrons. The Hall–Kier alpha value is -1.02. The maximum atomic E-state index is 3.44. The smallest absolute Gasteiger partial charge is 0.0393 e. The third-order valence-electron chi connectivity index (χ3n) is 3.46. The van der Waals surface area contributed by atoms with Crippen molar-refractivity contribution < 1.29 is 0 Å². The van der Waals surface area contributed by atoms with Crippen LogP contribution in [0.2, 0.25) is 0 Å². The fourth-order valence-corrected chi connectivity index (χ4v) is 2.48. The van der Waals surface area contributed by atoms with Crippen LogP contribution in [0.4, 0.5) is 5.69 Å². The molecule has 1 atom stereocenters. The predicted octanol–water partition coefficient (Wildman–Crippen LogP) is 2.29. The topological polar surface area (TPSA) is 15.3 Å². The molecule has 2 rings (SSSR count). The SMILES string of the molecule is CN(C)c1ccccc1CCC1CCNC1. The average Bonchev–Trinajstić information content (AvgIpc) is 2.79. The molecule has 1 heterocycles. The van der Waals surface area contributed by atoms with Gasteiger partial charge in [-0.1, -0.05) is 18.2 Å². The minimum Gasteiger partial charge on any atom is -0.377 e. The van der Waals surface area contributed by atoms with Crippen molar-refractivity contribution in [3.05, 3.63) is 29.8 Å². The molecule has 2 heteroatoms. The van der Waals surface area contributed by atoms with Gasteiger partial charge in [0, 0.05) is 19.8 Å². The summed E-state index contributed by atoms with van der Waals surface area (Å²) in [4.78, 5) is 2.21. The molecule has 0 aromatic heterocycles. The van der Waals surface area contributed by atoms with E-state index in [0.29, 0.717) is 0 Å². The van der Waals surface area contributed by atoms with Gasteiger partial charge in [-0.05, 0) is 49.9 Å². The highest BCUT2D eigenvalue weighted by Gasteiger charge is 2.14. The number of rotatable bonds is 4. The minimum absolute atomic E-state index is 0.884. The first-order valence-corrected chi connectivity index (χ1v) is 6.23. The Labute approximate surface area is 98.7 Å². The van der Waals surface area contributed by atoms with Gasteiger partial charge >= 0.3 is 0 Å². The van der Waals surface area contributed by atoms with Crippen LogP contribution < -0.4 is 10.2 Å². The standard InChI is InChI=1S/C14H22N2/c1-16(2)14-6-4-3-5-13(14)8-7-12-9-10-15-11-12/h3-6,12,15H,7-11H2,1-2H3. The summed E-state index contributed by atoms with van der Waals surface area (Å²) >= 11 is 0. The predicted molar refractivity (Wildman–Crippen MR) is 70.1 cm³/mol. The van der Waals surface area contributed by atoms with Crippen molar-refractivity contribution in [1.29, 1.82) is 0 Å². The second-order valence-corrected chi connectivity index (χ2v) is 4.92. The second kappa shape index (κ2) is 5.35. The molecular weight excluding hydrogens is 196 g/mol. The number of nitrogens with one attached hydrogen (secondary N) is 1. The van der Waals surface area contributed by atoms with E-state index in [0.717, 1.165) is 5.92 Å². The Bertz CT molecular complexity index is 327. The molecule has 0 saturated carbocycles. The maximum Gasteiger partial charge on any atom is 0.0393 e. The third-order valence-corrected chi connectivity index (χ3v) is 3.46. The van der Waals surface area contributed by atoms with Gasteiger partial charge in [0.15, 0.2) is 0 Å². The lowest BCUT2D eigenvalue weighted by atomic mass is 9.98. The lowest BCUT2D eigenvalue weighted by Crippen LogP contribution is -2.13. The highest BCUT2D eigenvalue weighted by Crippen LogP contribution is 2.22. The summed E-state index contributed by atoms with van der Waals surface area (Å²) < 4.78 is 0. The number of hydrogen-bond acceptors (Lipinski definition) is 2. The Kier molecular flexibility index (Phi) is 3.83. The van der Waals surface area contributed by atoms with Gasteiger partial charge < -0.3 is 10.2 Å². The summed E-state index contributed by atoms with van der Waals surface area (Å²) in [7, 11) is 4.24. The summed E-state index contributed by atoms with van der Waals surface area (Å²) in [5.41, 5.74) is 2.85. The Morgan fingerprint density at radius 3 is 2.81 bits per heavy atom. The molecule has 0 amide bonds. The van der Waals surface area contributed by atoms with Gasteiger partial charge in [-0.25, -0.2) is 0 Å². The zero-order chi connectivity index (χ0) is 11.4. The van der Waals surface area contributed by atoms with E-state index in [-0.39, 0.29) is 0 Å². The van der Waals surface area contributed by atoms with Crippen molar-refractivity contribution in [3.63, 3.8) is 0 Å². The second-order valence-electron chi connectivity index (χ2n) is 4.92. The molecule has 1 unspecified atom stereocenters. The Morgan fingerprint density at radius 1 is 1.31 bits per heavy atom. The number of nitrogens with zero attached hydrogens (tertiary/aromatic N) is 1. The molecule has 0 aliphatic carbocycles. The van der Waals surface area contributed by atoms with Crippen LogP contribution in [0, 0.1) is 5.92 Å². The molecule has 1 aromatic carbocycles. The van der Waals surface area contributed by atoms with Gasteiger partial charge in [0.1, 0.15) is 0 Å². The number of hydrogen-bond donors (Lipinski definition) is 1. The van der Waals surface area contributed by atoms with Gasteiger partial charge in [0.25, 0.3) is 0 Å². The molecule has 2 nitrogen and oxygen atoms in total. The van der Waals surface area contributed by atoms with Gasteiger partial charge in [-0.2, -0.15) is 0 Å². The van der Waals surface area contributed by atoms with Gasteiger partial charge in [-0.3, -0.25) is 0 Å². The molecule has 0 bridgehead atoms. The van der Waals surface area contributed by atoms with E-state index in [2.05, 4.69) is 48.6 Å². The molecule has 0 radical (unpaired) electrons. The normalized spacial score (nSPS) is 20.0. The van der Waals surface area contributed by atoms with Crippen LogP contribution in [-0.2, 0) is 6.42 Å². The van der Waals surface area contributed by atoms with Crippen molar-refractivity contribution in [2.45, 2.75) is 19.3 Å². The average molecular weight is 218 g/mol. The largest absolute Gasteiger partial charge is 0.377 e. The maximum absolute atomic E-state index is 3.44. The van der Waals surface area contributed by atoms with Crippen molar-refractivity contribution in [2.75, 3.05) is 32.1 Å². The van der Waals surface area contributed by atoms with Crippen LogP contribution in [0.3, 0.4) is 0 Å². The van der Waals surface area contributed by atoms with Crippen molar-refractivity contribution in [3.8, 4) is 0 Å². The van der Waals surface area contributed by atoms with E-state index < -0.39 is 0 Å². The molecular formula is C14H22N2. The first-order chi connectivity index (χ1) is 7.77. The zero-order valence-corrected chi connectivity index (χ0v) is 10.4. The van der Waals surface area contributed by atoms with Crippen molar-refractivity contribution in [2.24, 2.45) is 5.92 Å². The van der Waals surface area contributed by atoms with Crippen LogP contribution in [-0.4, -0.2) is 27.2 Å². The van der Waals surface area contributed by atoms with Crippen molar-refractivity contribution >= 4 is 5.69 Å². The van der Waals surface area contributed by atoms with Crippen molar-refractivity contribution in [1.82, 2.24) is 5.32 Å². The summed E-state index contributed by atoms with van der Waals surface area (Å²) in [6.45, 7) is 2.42. The molecule has 1 N–H and O–H groups in total. The monoisotopic (exact) mass is 218 g/mol. The molecule has 0 spiro atoms. The van der Waals surface area contributed by atoms with Gasteiger partial charge in [0.05, 0.1) is 0 Å². The first kappa shape index (κ1) is 11.5. The quantitative estimate of drug-likeness (QED) is 0.834. The fraction of sp³-hybridized carbons (Fsp3) is 0.571. The van der Waals surface area contributed by atoms with E-state index in [4.69, 9.17) is 0 Å². The van der Waals surface area contributed by atoms with Crippen LogP contribution in [0.15, 0.2) is 24.3 Å². The van der Waals surface area contributed by atoms with E-state index in [1.54, 1.807) is 0 Å². The zero-order valence-electron chi connectivity index (χ0n) is 10.4. The van der Waals surface area contributed by atoms with E-state index in [9.17, 15) is 0 Å². The molecule has 1 aliphatic heterocycles. The van der Waals surface area contributed by atoms with Gasteiger partial charge in [0.2, 0.25) is 0 Å². The molecule has 1 fully saturated rings. The van der Waals surface area contributed by atoms with Crippen LogP contribution in [0.5, 0.6) is 0 Å². The fourth-order valence-electron chi connectivity index (χ4n) is 2.48. The van der Waals surface area contributed by atoms with E-state index in [1.807, 2.05) is 0 Å². The number of anilines is 1. The molecule has 16 heavy (non-hydrogen) atoms.